The lowest BCUT2D eigenvalue weighted by Crippen LogP contribution is -2.08. The van der Waals surface area contributed by atoms with E-state index in [9.17, 15) is 9.90 Å². The Balaban J connectivity index is 2.06. The maximum Gasteiger partial charge on any atom is 0.250 e. The Labute approximate surface area is 142 Å². The highest BCUT2D eigenvalue weighted by Crippen LogP contribution is 2.32. The van der Waals surface area contributed by atoms with Crippen LogP contribution < -0.4 is 0 Å². The molecule has 0 amide bonds. The van der Waals surface area contributed by atoms with Crippen molar-refractivity contribution >= 4 is 39.1 Å². The van der Waals surface area contributed by atoms with Gasteiger partial charge in [0, 0.05) is 11.1 Å². The van der Waals surface area contributed by atoms with Crippen LogP contribution in [0.3, 0.4) is 0 Å². The van der Waals surface area contributed by atoms with Gasteiger partial charge in [-0.25, -0.2) is 15.0 Å². The number of fused-ring (bicyclic) bond motifs is 1. The first-order valence-corrected chi connectivity index (χ1v) is 7.83. The Morgan fingerprint density at radius 2 is 1.70 bits per heavy atom. The highest BCUT2D eigenvalue weighted by molar-refractivity contribution is 9.10. The zero-order valence-electron chi connectivity index (χ0n) is 12.9. The highest BCUT2D eigenvalue weighted by Gasteiger charge is 2.31. The summed E-state index contributed by atoms with van der Waals surface area (Å²) in [4.78, 5) is 25.4. The zero-order valence-corrected chi connectivity index (χ0v) is 14.5. The number of ketones is 1. The van der Waals surface area contributed by atoms with Crippen LogP contribution in [0, 0.1) is 13.8 Å². The Bertz CT molecular complexity index is 877. The van der Waals surface area contributed by atoms with Gasteiger partial charge in [-0.2, -0.15) is 0 Å². The van der Waals surface area contributed by atoms with Gasteiger partial charge in [-0.3, -0.25) is 4.79 Å². The fraction of sp³-hybridized carbons (Fsp3) is 0.176. The molecule has 1 N–H and O–H groups in total. The first kappa shape index (κ1) is 15.6. The number of hydrogen-bond donors (Lipinski definition) is 1. The van der Waals surface area contributed by atoms with Gasteiger partial charge >= 0.3 is 0 Å². The number of halogens is 1. The molecule has 0 saturated heterocycles. The van der Waals surface area contributed by atoms with E-state index in [0.29, 0.717) is 16.8 Å². The molecular formula is C17H14BrN3O2. The molecule has 1 aromatic carbocycles. The first-order chi connectivity index (χ1) is 10.9. The molecule has 0 radical (unpaired) electrons. The summed E-state index contributed by atoms with van der Waals surface area (Å²) in [5.74, 6) is -0.00735. The van der Waals surface area contributed by atoms with E-state index in [4.69, 9.17) is 0 Å². The summed E-state index contributed by atoms with van der Waals surface area (Å²) in [5.41, 5.74) is 3.15. The van der Waals surface area contributed by atoms with Crippen molar-refractivity contribution in [2.24, 2.45) is 4.99 Å². The summed E-state index contributed by atoms with van der Waals surface area (Å²) in [6.07, 6.45) is 0. The third kappa shape index (κ3) is 2.59. The number of carbonyl (C=O) groups is 1. The predicted molar refractivity (Wildman–Crippen MR) is 92.3 cm³/mol. The Hall–Kier alpha value is -2.34. The van der Waals surface area contributed by atoms with E-state index in [1.807, 2.05) is 13.8 Å². The lowest BCUT2D eigenvalue weighted by Gasteiger charge is -2.05. The second-order valence-corrected chi connectivity index (χ2v) is 6.10. The Morgan fingerprint density at radius 3 is 2.26 bits per heavy atom. The number of hydrogen-bond acceptors (Lipinski definition) is 5. The average Bonchev–Trinajstić information content (AvgIpc) is 2.77. The van der Waals surface area contributed by atoms with Crippen molar-refractivity contribution < 1.29 is 9.90 Å². The third-order valence-corrected chi connectivity index (χ3v) is 4.84. The molecule has 2 aromatic rings. The Kier molecular flexibility index (Phi) is 3.85. The predicted octanol–water partition coefficient (Wildman–Crippen LogP) is 4.11. The van der Waals surface area contributed by atoms with E-state index in [2.05, 4.69) is 30.9 Å². The zero-order chi connectivity index (χ0) is 16.7. The van der Waals surface area contributed by atoms with E-state index in [0.717, 1.165) is 15.9 Å². The van der Waals surface area contributed by atoms with Crippen molar-refractivity contribution in [3.05, 3.63) is 56.8 Å². The number of benzene rings is 1. The smallest absolute Gasteiger partial charge is 0.250 e. The van der Waals surface area contributed by atoms with Crippen molar-refractivity contribution in [1.29, 1.82) is 0 Å². The fourth-order valence-corrected chi connectivity index (χ4v) is 2.72. The topological polar surface area (TPSA) is 75.4 Å². The number of nitrogens with zero attached hydrogens (tertiary/aromatic N) is 3. The number of aliphatic imine (C=N–C) groups is 1. The van der Waals surface area contributed by atoms with Crippen LogP contribution >= 0.6 is 15.9 Å². The molecule has 23 heavy (non-hydrogen) atoms. The number of aromatic nitrogens is 2. The van der Waals surface area contributed by atoms with Gasteiger partial charge in [0.25, 0.3) is 0 Å². The van der Waals surface area contributed by atoms with Crippen molar-refractivity contribution in [2.45, 2.75) is 20.8 Å². The molecule has 1 aromatic heterocycles. The molecular weight excluding hydrogens is 358 g/mol. The van der Waals surface area contributed by atoms with Crippen molar-refractivity contribution in [1.82, 2.24) is 9.97 Å². The number of carbonyl (C=O) groups excluding carboxylic acids is 1. The quantitative estimate of drug-likeness (QED) is 0.805. The molecule has 1 heterocycles. The van der Waals surface area contributed by atoms with Gasteiger partial charge in [0.15, 0.2) is 5.78 Å². The maximum atomic E-state index is 12.5. The van der Waals surface area contributed by atoms with E-state index >= 15 is 0 Å². The molecule has 1 aliphatic carbocycles. The SMILES string of the molecule is CC(=Nc1nc(C)c(Br)c(C)n1)C1=C(O)c2ccccc2C1=O. The van der Waals surface area contributed by atoms with Gasteiger partial charge in [-0.05, 0) is 36.7 Å². The van der Waals surface area contributed by atoms with Crippen molar-refractivity contribution in [3.63, 3.8) is 0 Å². The fourth-order valence-electron chi connectivity index (χ4n) is 2.54. The Morgan fingerprint density at radius 1 is 1.13 bits per heavy atom. The molecule has 1 aliphatic rings. The van der Waals surface area contributed by atoms with Crippen LogP contribution in [0.1, 0.15) is 34.2 Å². The van der Waals surface area contributed by atoms with Crippen LogP contribution in [-0.2, 0) is 0 Å². The minimum Gasteiger partial charge on any atom is -0.506 e. The molecule has 6 heteroatoms. The largest absolute Gasteiger partial charge is 0.506 e. The standard InChI is InChI=1S/C17H14BrN3O2/c1-8(19-17-20-9(2)14(18)10(3)21-17)13-15(22)11-6-4-5-7-12(11)16(13)23/h4-7,22H,1-3H3. The lowest BCUT2D eigenvalue weighted by molar-refractivity contribution is 0.104. The summed E-state index contributed by atoms with van der Waals surface area (Å²) < 4.78 is 0.834. The van der Waals surface area contributed by atoms with Gasteiger partial charge in [0.1, 0.15) is 5.76 Å². The number of Topliss-reactive ketones (excluding diaryl/α,β-unsaturated/α-hetero) is 1. The van der Waals surface area contributed by atoms with Gasteiger partial charge in [0.2, 0.25) is 5.95 Å². The number of rotatable bonds is 2. The number of allylic oxidation sites excluding steroid dienone is 1. The molecule has 0 fully saturated rings. The van der Waals surface area contributed by atoms with Gasteiger partial charge in [-0.15, -0.1) is 0 Å². The van der Waals surface area contributed by atoms with E-state index in [1.54, 1.807) is 31.2 Å². The maximum absolute atomic E-state index is 12.5. The van der Waals surface area contributed by atoms with Gasteiger partial charge in [0.05, 0.1) is 27.1 Å². The average molecular weight is 372 g/mol. The van der Waals surface area contributed by atoms with Crippen LogP contribution in [-0.4, -0.2) is 26.6 Å². The minimum atomic E-state index is -0.232. The monoisotopic (exact) mass is 371 g/mol. The summed E-state index contributed by atoms with van der Waals surface area (Å²) in [7, 11) is 0. The van der Waals surface area contributed by atoms with Crippen LogP contribution in [0.4, 0.5) is 5.95 Å². The molecule has 0 aliphatic heterocycles. The summed E-state index contributed by atoms with van der Waals surface area (Å²) in [6.45, 7) is 5.37. The van der Waals surface area contributed by atoms with Crippen LogP contribution in [0.5, 0.6) is 0 Å². The normalized spacial score (nSPS) is 14.4. The molecule has 0 unspecified atom stereocenters. The minimum absolute atomic E-state index is 0.0441. The third-order valence-electron chi connectivity index (χ3n) is 3.69. The summed E-state index contributed by atoms with van der Waals surface area (Å²) >= 11 is 3.41. The van der Waals surface area contributed by atoms with E-state index in [1.165, 1.54) is 0 Å². The van der Waals surface area contributed by atoms with Crippen LogP contribution in [0.2, 0.25) is 0 Å². The van der Waals surface area contributed by atoms with Crippen molar-refractivity contribution in [2.75, 3.05) is 0 Å². The number of aryl methyl sites for hydroxylation is 2. The number of aliphatic hydroxyl groups excluding tert-OH is 1. The molecule has 116 valence electrons. The molecule has 0 atom stereocenters. The lowest BCUT2D eigenvalue weighted by atomic mass is 10.1. The highest BCUT2D eigenvalue weighted by atomic mass is 79.9. The van der Waals surface area contributed by atoms with E-state index < -0.39 is 0 Å². The van der Waals surface area contributed by atoms with Crippen molar-refractivity contribution in [3.8, 4) is 0 Å². The molecule has 0 spiro atoms. The molecule has 5 nitrogen and oxygen atoms in total. The molecule has 0 bridgehead atoms. The second-order valence-electron chi connectivity index (χ2n) is 5.30. The summed E-state index contributed by atoms with van der Waals surface area (Å²) in [5, 5.41) is 10.3. The van der Waals surface area contributed by atoms with E-state index in [-0.39, 0.29) is 23.1 Å². The second kappa shape index (κ2) is 5.70. The van der Waals surface area contributed by atoms with Gasteiger partial charge < -0.3 is 5.11 Å². The van der Waals surface area contributed by atoms with Crippen LogP contribution in [0.15, 0.2) is 39.3 Å². The van der Waals surface area contributed by atoms with Gasteiger partial charge in [-0.1, -0.05) is 24.3 Å². The first-order valence-electron chi connectivity index (χ1n) is 7.04. The number of aliphatic hydroxyl groups is 1. The molecule has 0 saturated carbocycles. The molecule has 3 rings (SSSR count). The summed E-state index contributed by atoms with van der Waals surface area (Å²) in [6, 6.07) is 6.96. The van der Waals surface area contributed by atoms with Crippen LogP contribution in [0.25, 0.3) is 5.76 Å².